The second-order valence-electron chi connectivity index (χ2n) is 7.88. The fourth-order valence-electron chi connectivity index (χ4n) is 3.46. The van der Waals surface area contributed by atoms with Gasteiger partial charge in [-0.1, -0.05) is 72.3 Å². The number of benzene rings is 4. The zero-order chi connectivity index (χ0) is 24.1. The van der Waals surface area contributed by atoms with Gasteiger partial charge in [0.1, 0.15) is 0 Å². The second-order valence-corrected chi connectivity index (χ2v) is 10.00. The molecular formula is C27H23ClN2O3S. The Morgan fingerprint density at radius 3 is 2.15 bits per heavy atom. The molecule has 0 unspecified atom stereocenters. The monoisotopic (exact) mass is 490 g/mol. The standard InChI is InChI=1S/C27H23ClN2O3S/c1-19-7-12-23(28)18-26(19)30-34(32,33)25-15-13-24(14-16-25)29-27(31)17-20-8-10-22(11-9-20)21-5-3-2-4-6-21/h2-16,18,30H,17H2,1H3,(H,29,31). The molecule has 0 saturated heterocycles. The molecule has 0 atom stereocenters. The molecule has 0 fully saturated rings. The number of nitrogens with one attached hydrogen (secondary N) is 2. The molecule has 7 heteroatoms. The topological polar surface area (TPSA) is 75.3 Å². The van der Waals surface area contributed by atoms with Gasteiger partial charge >= 0.3 is 0 Å². The first-order valence-electron chi connectivity index (χ1n) is 10.6. The van der Waals surface area contributed by atoms with E-state index in [0.29, 0.717) is 16.4 Å². The highest BCUT2D eigenvalue weighted by Crippen LogP contribution is 2.24. The quantitative estimate of drug-likeness (QED) is 0.319. The third kappa shape index (κ3) is 5.84. The molecule has 0 radical (unpaired) electrons. The number of anilines is 2. The summed E-state index contributed by atoms with van der Waals surface area (Å²) in [7, 11) is -3.79. The van der Waals surface area contributed by atoms with Crippen LogP contribution in [0.25, 0.3) is 11.1 Å². The number of rotatable bonds is 7. The Bertz CT molecular complexity index is 1400. The molecule has 0 aliphatic heterocycles. The van der Waals surface area contributed by atoms with Crippen molar-refractivity contribution in [3.05, 3.63) is 113 Å². The summed E-state index contributed by atoms with van der Waals surface area (Å²) in [5, 5.41) is 3.25. The molecule has 4 aromatic carbocycles. The van der Waals surface area contributed by atoms with Crippen LogP contribution in [-0.2, 0) is 21.2 Å². The smallest absolute Gasteiger partial charge is 0.261 e. The Balaban J connectivity index is 1.38. The largest absolute Gasteiger partial charge is 0.326 e. The first-order valence-corrected chi connectivity index (χ1v) is 12.5. The Morgan fingerprint density at radius 1 is 0.824 bits per heavy atom. The Morgan fingerprint density at radius 2 is 1.47 bits per heavy atom. The van der Waals surface area contributed by atoms with Gasteiger partial charge in [-0.25, -0.2) is 8.42 Å². The normalized spacial score (nSPS) is 11.1. The number of halogens is 1. The van der Waals surface area contributed by atoms with E-state index < -0.39 is 10.0 Å². The van der Waals surface area contributed by atoms with Crippen molar-refractivity contribution in [3.63, 3.8) is 0 Å². The zero-order valence-electron chi connectivity index (χ0n) is 18.5. The van der Waals surface area contributed by atoms with Crippen LogP contribution < -0.4 is 10.0 Å². The van der Waals surface area contributed by atoms with Gasteiger partial charge in [-0.05, 0) is 65.6 Å². The van der Waals surface area contributed by atoms with Gasteiger partial charge in [-0.3, -0.25) is 9.52 Å². The van der Waals surface area contributed by atoms with Gasteiger partial charge in [0.25, 0.3) is 10.0 Å². The van der Waals surface area contributed by atoms with Gasteiger partial charge in [0, 0.05) is 10.7 Å². The predicted octanol–water partition coefficient (Wildman–Crippen LogP) is 6.30. The van der Waals surface area contributed by atoms with Crippen LogP contribution in [0.2, 0.25) is 5.02 Å². The van der Waals surface area contributed by atoms with E-state index in [4.69, 9.17) is 11.6 Å². The van der Waals surface area contributed by atoms with Crippen LogP contribution in [-0.4, -0.2) is 14.3 Å². The van der Waals surface area contributed by atoms with Crippen molar-refractivity contribution in [2.75, 3.05) is 10.0 Å². The summed E-state index contributed by atoms with van der Waals surface area (Å²) in [6.45, 7) is 1.79. The van der Waals surface area contributed by atoms with Crippen molar-refractivity contribution in [3.8, 4) is 11.1 Å². The van der Waals surface area contributed by atoms with E-state index in [-0.39, 0.29) is 17.2 Å². The van der Waals surface area contributed by atoms with Crippen LogP contribution in [0.4, 0.5) is 11.4 Å². The summed E-state index contributed by atoms with van der Waals surface area (Å²) in [4.78, 5) is 12.6. The highest BCUT2D eigenvalue weighted by molar-refractivity contribution is 7.92. The van der Waals surface area contributed by atoms with E-state index in [1.54, 1.807) is 37.3 Å². The average molecular weight is 491 g/mol. The van der Waals surface area contributed by atoms with Crippen LogP contribution in [0.3, 0.4) is 0 Å². The van der Waals surface area contributed by atoms with Crippen LogP contribution in [0.5, 0.6) is 0 Å². The minimum absolute atomic E-state index is 0.0846. The fraction of sp³-hybridized carbons (Fsp3) is 0.0741. The SMILES string of the molecule is Cc1ccc(Cl)cc1NS(=O)(=O)c1ccc(NC(=O)Cc2ccc(-c3ccccc3)cc2)cc1. The summed E-state index contributed by atoms with van der Waals surface area (Å²) >= 11 is 5.98. The maximum absolute atomic E-state index is 12.7. The number of amides is 1. The molecule has 0 heterocycles. The van der Waals surface area contributed by atoms with Gasteiger partial charge in [0.05, 0.1) is 17.0 Å². The minimum Gasteiger partial charge on any atom is -0.326 e. The Kier molecular flexibility index (Phi) is 7.01. The van der Waals surface area contributed by atoms with E-state index in [1.165, 1.54) is 12.1 Å². The molecule has 0 aromatic heterocycles. The molecule has 5 nitrogen and oxygen atoms in total. The van der Waals surface area contributed by atoms with Crippen molar-refractivity contribution < 1.29 is 13.2 Å². The number of aryl methyl sites for hydroxylation is 1. The third-order valence-corrected chi connectivity index (χ3v) is 6.93. The lowest BCUT2D eigenvalue weighted by atomic mass is 10.0. The number of hydrogen-bond acceptors (Lipinski definition) is 3. The zero-order valence-corrected chi connectivity index (χ0v) is 20.0. The Labute approximate surface area is 204 Å². The molecule has 0 bridgehead atoms. The van der Waals surface area contributed by atoms with Gasteiger partial charge in [0.2, 0.25) is 5.91 Å². The summed E-state index contributed by atoms with van der Waals surface area (Å²) in [5.41, 5.74) is 4.79. The molecule has 1 amide bonds. The maximum Gasteiger partial charge on any atom is 0.261 e. The lowest BCUT2D eigenvalue weighted by molar-refractivity contribution is -0.115. The summed E-state index contributed by atoms with van der Waals surface area (Å²) in [6, 6.07) is 28.9. The van der Waals surface area contributed by atoms with E-state index in [2.05, 4.69) is 10.0 Å². The second kappa shape index (κ2) is 10.1. The first kappa shape index (κ1) is 23.5. The number of carbonyl (C=O) groups excluding carboxylic acids is 1. The lowest BCUT2D eigenvalue weighted by Crippen LogP contribution is -2.15. The number of sulfonamides is 1. The number of carbonyl (C=O) groups is 1. The van der Waals surface area contributed by atoms with Crippen molar-refractivity contribution in [2.24, 2.45) is 0 Å². The molecule has 0 spiro atoms. The molecule has 172 valence electrons. The van der Waals surface area contributed by atoms with Crippen LogP contribution in [0.1, 0.15) is 11.1 Å². The van der Waals surface area contributed by atoms with Crippen LogP contribution >= 0.6 is 11.6 Å². The van der Waals surface area contributed by atoms with Crippen LogP contribution in [0.15, 0.2) is 102 Å². The highest BCUT2D eigenvalue weighted by atomic mass is 35.5. The predicted molar refractivity (Wildman–Crippen MR) is 138 cm³/mol. The van der Waals surface area contributed by atoms with Gasteiger partial charge in [-0.15, -0.1) is 0 Å². The number of hydrogen-bond donors (Lipinski definition) is 2. The van der Waals surface area contributed by atoms with E-state index in [1.807, 2.05) is 54.6 Å². The van der Waals surface area contributed by atoms with Crippen LogP contribution in [0, 0.1) is 6.92 Å². The fourth-order valence-corrected chi connectivity index (χ4v) is 4.76. The van der Waals surface area contributed by atoms with Crippen molar-refractivity contribution in [1.29, 1.82) is 0 Å². The molecule has 4 aromatic rings. The third-order valence-electron chi connectivity index (χ3n) is 5.32. The molecule has 0 aliphatic carbocycles. The van der Waals surface area contributed by atoms with Gasteiger partial charge in [0.15, 0.2) is 0 Å². The summed E-state index contributed by atoms with van der Waals surface area (Å²) in [5.74, 6) is -0.184. The summed E-state index contributed by atoms with van der Waals surface area (Å²) < 4.78 is 28.0. The summed E-state index contributed by atoms with van der Waals surface area (Å²) in [6.07, 6.45) is 0.213. The van der Waals surface area contributed by atoms with Crippen molar-refractivity contribution in [1.82, 2.24) is 0 Å². The van der Waals surface area contributed by atoms with Crippen molar-refractivity contribution in [2.45, 2.75) is 18.2 Å². The highest BCUT2D eigenvalue weighted by Gasteiger charge is 2.16. The first-order chi connectivity index (χ1) is 16.3. The minimum atomic E-state index is -3.79. The van der Waals surface area contributed by atoms with Gasteiger partial charge < -0.3 is 5.32 Å². The lowest BCUT2D eigenvalue weighted by Gasteiger charge is -2.12. The van der Waals surface area contributed by atoms with E-state index in [0.717, 1.165) is 22.3 Å². The van der Waals surface area contributed by atoms with Crippen molar-refractivity contribution >= 4 is 38.9 Å². The molecule has 0 saturated carbocycles. The molecule has 2 N–H and O–H groups in total. The molecule has 0 aliphatic rings. The maximum atomic E-state index is 12.7. The molecule has 34 heavy (non-hydrogen) atoms. The molecular weight excluding hydrogens is 468 g/mol. The van der Waals surface area contributed by atoms with E-state index in [9.17, 15) is 13.2 Å². The molecule has 4 rings (SSSR count). The van der Waals surface area contributed by atoms with Gasteiger partial charge in [-0.2, -0.15) is 0 Å². The Hall–Kier alpha value is -3.61. The average Bonchev–Trinajstić information content (AvgIpc) is 2.82. The van der Waals surface area contributed by atoms with E-state index >= 15 is 0 Å².